The van der Waals surface area contributed by atoms with E-state index in [1.54, 1.807) is 12.1 Å². The number of fused-ring (bicyclic) bond motifs is 1. The van der Waals surface area contributed by atoms with Crippen LogP contribution in [0.2, 0.25) is 0 Å². The molecule has 0 radical (unpaired) electrons. The van der Waals surface area contributed by atoms with Gasteiger partial charge in [0, 0.05) is 35.6 Å². The van der Waals surface area contributed by atoms with Gasteiger partial charge in [-0.15, -0.1) is 0 Å². The molecule has 1 unspecified atom stereocenters. The molecule has 0 spiro atoms. The second-order valence-corrected chi connectivity index (χ2v) is 7.24. The molecule has 0 saturated heterocycles. The van der Waals surface area contributed by atoms with E-state index < -0.39 is 13.0 Å². The Morgan fingerprint density at radius 2 is 2.05 bits per heavy atom. The summed E-state index contributed by atoms with van der Waals surface area (Å²) >= 11 is 4.47. The summed E-state index contributed by atoms with van der Waals surface area (Å²) in [6.07, 6.45) is 0.413. The molecule has 1 aliphatic rings. The van der Waals surface area contributed by atoms with Crippen molar-refractivity contribution in [3.63, 3.8) is 0 Å². The van der Waals surface area contributed by atoms with Gasteiger partial charge < -0.3 is 23.8 Å². The molecule has 0 fully saturated rings. The molecule has 0 aliphatic carbocycles. The van der Waals surface area contributed by atoms with E-state index >= 15 is 0 Å². The molecule has 2 rings (SSSR count). The predicted octanol–water partition coefficient (Wildman–Crippen LogP) is 3.21. The molecule has 0 aromatic heterocycles. The van der Waals surface area contributed by atoms with Crippen molar-refractivity contribution in [2.45, 2.75) is 33.5 Å². The van der Waals surface area contributed by atoms with Crippen molar-refractivity contribution >= 4 is 24.1 Å². The van der Waals surface area contributed by atoms with Gasteiger partial charge in [0.2, 0.25) is 6.29 Å². The lowest BCUT2D eigenvalue weighted by atomic mass is 9.96. The van der Waals surface area contributed by atoms with Gasteiger partial charge in [0.1, 0.15) is 11.5 Å². The third kappa shape index (κ3) is 3.84. The summed E-state index contributed by atoms with van der Waals surface area (Å²) in [5.41, 5.74) is 3.16. The molecule has 1 heterocycles. The van der Waals surface area contributed by atoms with Crippen LogP contribution in [0.3, 0.4) is 0 Å². The van der Waals surface area contributed by atoms with Crippen LogP contribution in [-0.2, 0) is 16.5 Å². The zero-order valence-electron chi connectivity index (χ0n) is 12.2. The highest BCUT2D eigenvalue weighted by atomic mass is 32.5. The molecule has 7 heteroatoms. The fourth-order valence-corrected chi connectivity index (χ4v) is 3.00. The minimum Gasteiger partial charge on any atom is -0.460 e. The second-order valence-electron chi connectivity index (χ2n) is 4.65. The van der Waals surface area contributed by atoms with Crippen LogP contribution in [0, 0.1) is 0 Å². The molecule has 1 atom stereocenters. The molecular formula is C14H19O5PS. The zero-order chi connectivity index (χ0) is 15.6. The predicted molar refractivity (Wildman–Crippen MR) is 84.7 cm³/mol. The van der Waals surface area contributed by atoms with E-state index in [1.165, 1.54) is 0 Å². The highest BCUT2D eigenvalue weighted by Crippen LogP contribution is 2.43. The van der Waals surface area contributed by atoms with E-state index in [9.17, 15) is 9.79 Å². The third-order valence-corrected chi connectivity index (χ3v) is 3.95. The van der Waals surface area contributed by atoms with E-state index in [-0.39, 0.29) is 5.75 Å². The van der Waals surface area contributed by atoms with Crippen LogP contribution >= 0.6 is 6.72 Å². The summed E-state index contributed by atoms with van der Waals surface area (Å²) in [7, 11) is 0. The largest absolute Gasteiger partial charge is 0.460 e. The number of ether oxygens (including phenoxy) is 2. The lowest BCUT2D eigenvalue weighted by Gasteiger charge is -2.29. The van der Waals surface area contributed by atoms with Gasteiger partial charge in [-0.05, 0) is 38.0 Å². The van der Waals surface area contributed by atoms with Gasteiger partial charge in [-0.25, -0.2) is 0 Å². The molecule has 0 bridgehead atoms. The summed E-state index contributed by atoms with van der Waals surface area (Å²) in [6, 6.07) is 5.07. The average molecular weight is 330 g/mol. The molecule has 116 valence electrons. The molecule has 2 N–H and O–H groups in total. The van der Waals surface area contributed by atoms with Crippen LogP contribution in [0.25, 0.3) is 5.57 Å². The van der Waals surface area contributed by atoms with Gasteiger partial charge in [0.15, 0.2) is 0 Å². The topological polar surface area (TPSA) is 68.2 Å². The quantitative estimate of drug-likeness (QED) is 0.808. The smallest absolute Gasteiger partial charge is 0.375 e. The van der Waals surface area contributed by atoms with Crippen LogP contribution in [0.4, 0.5) is 0 Å². The van der Waals surface area contributed by atoms with Gasteiger partial charge in [-0.1, -0.05) is 6.92 Å². The molecule has 21 heavy (non-hydrogen) atoms. The molecule has 1 aromatic carbocycles. The Balaban J connectivity index is 2.39. The van der Waals surface area contributed by atoms with E-state index in [4.69, 9.17) is 14.0 Å². The third-order valence-electron chi connectivity index (χ3n) is 3.28. The highest BCUT2D eigenvalue weighted by Gasteiger charge is 2.26. The normalized spacial score (nSPS) is 18.2. The molecule has 0 amide bonds. The summed E-state index contributed by atoms with van der Waals surface area (Å²) in [5, 5.41) is 0. The first-order valence-electron chi connectivity index (χ1n) is 6.73. The minimum atomic E-state index is -3.75. The molecule has 1 aliphatic heterocycles. The van der Waals surface area contributed by atoms with Crippen molar-refractivity contribution < 1.29 is 23.8 Å². The maximum Gasteiger partial charge on any atom is 0.375 e. The number of hydrogen-bond acceptors (Lipinski definition) is 4. The van der Waals surface area contributed by atoms with E-state index in [2.05, 4.69) is 18.7 Å². The van der Waals surface area contributed by atoms with Crippen molar-refractivity contribution in [2.75, 3.05) is 6.61 Å². The van der Waals surface area contributed by atoms with Crippen LogP contribution in [0.15, 0.2) is 23.8 Å². The Labute approximate surface area is 129 Å². The van der Waals surface area contributed by atoms with E-state index in [1.807, 2.05) is 19.9 Å². The Bertz CT molecular complexity index is 607. The maximum atomic E-state index is 9.23. The van der Waals surface area contributed by atoms with E-state index in [0.29, 0.717) is 12.4 Å². The first-order valence-corrected chi connectivity index (χ1v) is 9.35. The van der Waals surface area contributed by atoms with Crippen molar-refractivity contribution in [1.82, 2.24) is 0 Å². The summed E-state index contributed by atoms with van der Waals surface area (Å²) in [6.45, 7) is 2.79. The lowest BCUT2D eigenvalue weighted by molar-refractivity contribution is -0.0519. The highest BCUT2D eigenvalue weighted by molar-refractivity contribution is 8.06. The van der Waals surface area contributed by atoms with Gasteiger partial charge in [0.05, 0.1) is 0 Å². The summed E-state index contributed by atoms with van der Waals surface area (Å²) < 4.78 is 16.4. The standard InChI is InChI=1S/C14H19O5PS/c1-4-11-9(3)12-7-6-10(19-20(15,16)21)8-13(12)18-14(11)17-5-2/h6-8,14H,4-5H2,1-3H3,(H2,15,16,21). The molecule has 1 aromatic rings. The number of rotatable bonds is 5. The van der Waals surface area contributed by atoms with Gasteiger partial charge >= 0.3 is 6.72 Å². The number of allylic oxidation sites excluding steroid dienone is 1. The lowest BCUT2D eigenvalue weighted by Crippen LogP contribution is -2.27. The van der Waals surface area contributed by atoms with Crippen molar-refractivity contribution in [3.05, 3.63) is 29.3 Å². The summed E-state index contributed by atoms with van der Waals surface area (Å²) in [4.78, 5) is 18.5. The fourth-order valence-electron chi connectivity index (χ4n) is 2.36. The van der Waals surface area contributed by atoms with Crippen LogP contribution in [0.5, 0.6) is 11.5 Å². The fraction of sp³-hybridized carbons (Fsp3) is 0.429. The molecule has 5 nitrogen and oxygen atoms in total. The Kier molecular flexibility index (Phi) is 5.07. The van der Waals surface area contributed by atoms with Crippen LogP contribution < -0.4 is 9.26 Å². The van der Waals surface area contributed by atoms with Gasteiger partial charge in [-0.3, -0.25) is 0 Å². The summed E-state index contributed by atoms with van der Waals surface area (Å²) in [5.74, 6) is 0.856. The second kappa shape index (κ2) is 6.46. The van der Waals surface area contributed by atoms with Crippen molar-refractivity contribution in [1.29, 1.82) is 0 Å². The monoisotopic (exact) mass is 330 g/mol. The zero-order valence-corrected chi connectivity index (χ0v) is 13.9. The van der Waals surface area contributed by atoms with E-state index in [0.717, 1.165) is 23.1 Å². The maximum absolute atomic E-state index is 9.23. The Morgan fingerprint density at radius 1 is 1.33 bits per heavy atom. The van der Waals surface area contributed by atoms with Gasteiger partial charge in [-0.2, -0.15) is 0 Å². The average Bonchev–Trinajstić information content (AvgIpc) is 2.37. The van der Waals surface area contributed by atoms with Crippen molar-refractivity contribution in [2.24, 2.45) is 0 Å². The van der Waals surface area contributed by atoms with Crippen LogP contribution in [-0.4, -0.2) is 22.7 Å². The molecule has 0 saturated carbocycles. The van der Waals surface area contributed by atoms with Crippen molar-refractivity contribution in [3.8, 4) is 11.5 Å². The number of hydrogen-bond donors (Lipinski definition) is 2. The Morgan fingerprint density at radius 3 is 2.62 bits per heavy atom. The van der Waals surface area contributed by atoms with Crippen LogP contribution in [0.1, 0.15) is 32.8 Å². The Hall–Kier alpha value is -0.910. The minimum absolute atomic E-state index is 0.269. The first kappa shape index (κ1) is 16.5. The van der Waals surface area contributed by atoms with Gasteiger partial charge in [0.25, 0.3) is 0 Å². The first-order chi connectivity index (χ1) is 9.85. The SMILES string of the molecule is CCOC1Oc2cc(OP(O)(O)=S)ccc2C(C)=C1CC. The number of benzene rings is 1. The molecular weight excluding hydrogens is 311 g/mol.